The summed E-state index contributed by atoms with van der Waals surface area (Å²) in [5.74, 6) is 1.18. The molecule has 1 saturated heterocycles. The third-order valence-corrected chi connectivity index (χ3v) is 7.43. The summed E-state index contributed by atoms with van der Waals surface area (Å²) in [6, 6.07) is 16.0. The van der Waals surface area contributed by atoms with Gasteiger partial charge in [-0.15, -0.1) is 0 Å². The molecule has 1 aliphatic rings. The molecule has 39 heavy (non-hydrogen) atoms. The SMILES string of the molecule is CCCCOC1(c2ccccc2C)CN(C(=O)[C@H](Cc2ccc(OC)cc2)c2nc(NC(=O)CC)cn2C)C1. The first-order chi connectivity index (χ1) is 18.8. The highest BCUT2D eigenvalue weighted by molar-refractivity contribution is 5.89. The number of imidazole rings is 1. The first-order valence-electron chi connectivity index (χ1n) is 13.7. The number of nitrogens with one attached hydrogen (secondary N) is 1. The van der Waals surface area contributed by atoms with E-state index >= 15 is 0 Å². The first-order valence-corrected chi connectivity index (χ1v) is 13.7. The fourth-order valence-corrected chi connectivity index (χ4v) is 5.16. The average molecular weight is 533 g/mol. The highest BCUT2D eigenvalue weighted by atomic mass is 16.5. The molecule has 1 aliphatic heterocycles. The highest BCUT2D eigenvalue weighted by Crippen LogP contribution is 2.40. The molecule has 8 nitrogen and oxygen atoms in total. The van der Waals surface area contributed by atoms with Gasteiger partial charge in [-0.1, -0.05) is 56.7 Å². The zero-order valence-electron chi connectivity index (χ0n) is 23.7. The Labute approximate surface area is 231 Å². The van der Waals surface area contributed by atoms with E-state index in [0.717, 1.165) is 35.3 Å². The molecule has 4 rings (SSSR count). The van der Waals surface area contributed by atoms with Gasteiger partial charge in [-0.05, 0) is 48.6 Å². The monoisotopic (exact) mass is 532 g/mol. The van der Waals surface area contributed by atoms with E-state index in [0.29, 0.717) is 44.2 Å². The fourth-order valence-electron chi connectivity index (χ4n) is 5.16. The molecule has 1 atom stereocenters. The quantitative estimate of drug-likeness (QED) is 0.333. The van der Waals surface area contributed by atoms with Crippen molar-refractivity contribution >= 4 is 17.6 Å². The highest BCUT2D eigenvalue weighted by Gasteiger charge is 2.50. The van der Waals surface area contributed by atoms with Gasteiger partial charge in [0, 0.05) is 26.3 Å². The number of amides is 2. The van der Waals surface area contributed by atoms with Crippen molar-refractivity contribution in [3.8, 4) is 5.75 Å². The third kappa shape index (κ3) is 6.33. The second-order valence-electron chi connectivity index (χ2n) is 10.3. The lowest BCUT2D eigenvalue weighted by Gasteiger charge is -2.51. The molecule has 0 bridgehead atoms. The average Bonchev–Trinajstić information content (AvgIpc) is 3.28. The maximum absolute atomic E-state index is 14.1. The normalized spacial score (nSPS) is 14.9. The minimum absolute atomic E-state index is 0.00353. The van der Waals surface area contributed by atoms with Crippen molar-refractivity contribution in [2.45, 2.75) is 58.0 Å². The van der Waals surface area contributed by atoms with Gasteiger partial charge < -0.3 is 24.3 Å². The molecule has 1 aromatic heterocycles. The summed E-state index contributed by atoms with van der Waals surface area (Å²) >= 11 is 0. The molecule has 0 radical (unpaired) electrons. The maximum atomic E-state index is 14.1. The second kappa shape index (κ2) is 12.5. The second-order valence-corrected chi connectivity index (χ2v) is 10.3. The van der Waals surface area contributed by atoms with E-state index in [4.69, 9.17) is 9.47 Å². The number of benzene rings is 2. The lowest BCUT2D eigenvalue weighted by atomic mass is 9.82. The van der Waals surface area contributed by atoms with Gasteiger partial charge in [0.05, 0.1) is 20.2 Å². The number of aryl methyl sites for hydroxylation is 2. The Morgan fingerprint density at radius 2 is 1.82 bits per heavy atom. The molecule has 208 valence electrons. The lowest BCUT2D eigenvalue weighted by molar-refractivity contribution is -0.174. The zero-order valence-corrected chi connectivity index (χ0v) is 23.7. The number of rotatable bonds is 12. The molecule has 0 aliphatic carbocycles. The van der Waals surface area contributed by atoms with Crippen LogP contribution in [0.15, 0.2) is 54.7 Å². The van der Waals surface area contributed by atoms with Gasteiger partial charge in [0.1, 0.15) is 23.1 Å². The number of likely N-dealkylation sites (tertiary alicyclic amines) is 1. The Balaban J connectivity index is 1.62. The van der Waals surface area contributed by atoms with E-state index in [9.17, 15) is 9.59 Å². The van der Waals surface area contributed by atoms with Crippen molar-refractivity contribution in [1.82, 2.24) is 14.5 Å². The predicted molar refractivity (Wildman–Crippen MR) is 152 cm³/mol. The number of nitrogens with zero attached hydrogens (tertiary/aromatic N) is 3. The molecule has 2 aromatic carbocycles. The van der Waals surface area contributed by atoms with Crippen LogP contribution in [0.25, 0.3) is 0 Å². The van der Waals surface area contributed by atoms with E-state index < -0.39 is 11.5 Å². The van der Waals surface area contributed by atoms with Crippen LogP contribution in [-0.2, 0) is 33.4 Å². The Morgan fingerprint density at radius 1 is 1.10 bits per heavy atom. The number of ether oxygens (including phenoxy) is 2. The number of methoxy groups -OCH3 is 1. The van der Waals surface area contributed by atoms with Crippen molar-refractivity contribution in [2.75, 3.05) is 32.1 Å². The van der Waals surface area contributed by atoms with Crippen LogP contribution in [0.2, 0.25) is 0 Å². The molecular formula is C31H40N4O4. The topological polar surface area (TPSA) is 85.7 Å². The van der Waals surface area contributed by atoms with Gasteiger partial charge in [-0.2, -0.15) is 0 Å². The van der Waals surface area contributed by atoms with Gasteiger partial charge in [0.2, 0.25) is 11.8 Å². The first kappa shape index (κ1) is 28.4. The maximum Gasteiger partial charge on any atom is 0.233 e. The molecule has 2 heterocycles. The third-order valence-electron chi connectivity index (χ3n) is 7.43. The number of carbonyl (C=O) groups excluding carboxylic acids is 2. The summed E-state index contributed by atoms with van der Waals surface area (Å²) in [6.45, 7) is 7.67. The molecule has 3 aromatic rings. The molecular weight excluding hydrogens is 492 g/mol. The van der Waals surface area contributed by atoms with Crippen LogP contribution in [0.5, 0.6) is 5.75 Å². The Morgan fingerprint density at radius 3 is 2.46 bits per heavy atom. The molecule has 1 N–H and O–H groups in total. The molecule has 0 spiro atoms. The number of aromatic nitrogens is 2. The van der Waals surface area contributed by atoms with Gasteiger partial charge in [-0.3, -0.25) is 9.59 Å². The summed E-state index contributed by atoms with van der Waals surface area (Å²) in [6.07, 6.45) is 4.61. The summed E-state index contributed by atoms with van der Waals surface area (Å²) in [5, 5.41) is 2.82. The Kier molecular flexibility index (Phi) is 9.07. The number of hydrogen-bond donors (Lipinski definition) is 1. The van der Waals surface area contributed by atoms with Crippen LogP contribution < -0.4 is 10.1 Å². The Hall–Kier alpha value is -3.65. The lowest BCUT2D eigenvalue weighted by Crippen LogP contribution is -2.63. The van der Waals surface area contributed by atoms with Crippen molar-refractivity contribution in [3.05, 3.63) is 77.2 Å². The van der Waals surface area contributed by atoms with Crippen LogP contribution in [0.1, 0.15) is 61.5 Å². The fraction of sp³-hybridized carbons (Fsp3) is 0.452. The molecule has 8 heteroatoms. The van der Waals surface area contributed by atoms with Gasteiger partial charge in [0.25, 0.3) is 0 Å². The van der Waals surface area contributed by atoms with Crippen molar-refractivity contribution in [2.24, 2.45) is 7.05 Å². The minimum Gasteiger partial charge on any atom is -0.497 e. The van der Waals surface area contributed by atoms with E-state index in [1.54, 1.807) is 20.2 Å². The number of anilines is 1. The van der Waals surface area contributed by atoms with Crippen LogP contribution >= 0.6 is 0 Å². The summed E-state index contributed by atoms with van der Waals surface area (Å²) in [7, 11) is 3.49. The number of unbranched alkanes of at least 4 members (excludes halogenated alkanes) is 1. The number of carbonyl (C=O) groups is 2. The molecule has 0 saturated carbocycles. The van der Waals surface area contributed by atoms with Crippen molar-refractivity contribution < 1.29 is 19.1 Å². The van der Waals surface area contributed by atoms with Crippen molar-refractivity contribution in [1.29, 1.82) is 0 Å². The van der Waals surface area contributed by atoms with E-state index in [1.807, 2.05) is 52.9 Å². The van der Waals surface area contributed by atoms with Crippen LogP contribution in [0.3, 0.4) is 0 Å². The van der Waals surface area contributed by atoms with Gasteiger partial charge >= 0.3 is 0 Å². The molecule has 1 fully saturated rings. The largest absolute Gasteiger partial charge is 0.497 e. The molecule has 0 unspecified atom stereocenters. The van der Waals surface area contributed by atoms with Gasteiger partial charge in [0.15, 0.2) is 5.82 Å². The minimum atomic E-state index is -0.527. The Bertz CT molecular complexity index is 1280. The van der Waals surface area contributed by atoms with Crippen LogP contribution in [0.4, 0.5) is 5.82 Å². The van der Waals surface area contributed by atoms with Crippen LogP contribution in [0, 0.1) is 6.92 Å². The summed E-state index contributed by atoms with van der Waals surface area (Å²) in [5.41, 5.74) is 2.79. The van der Waals surface area contributed by atoms with Crippen molar-refractivity contribution in [3.63, 3.8) is 0 Å². The smallest absolute Gasteiger partial charge is 0.233 e. The number of hydrogen-bond acceptors (Lipinski definition) is 5. The van der Waals surface area contributed by atoms with Gasteiger partial charge in [-0.25, -0.2) is 4.98 Å². The summed E-state index contributed by atoms with van der Waals surface area (Å²) < 4.78 is 13.6. The predicted octanol–water partition coefficient (Wildman–Crippen LogP) is 4.97. The van der Waals surface area contributed by atoms with E-state index in [-0.39, 0.29) is 11.8 Å². The standard InChI is InChI=1S/C31H40N4O4/c1-6-8-17-39-31(26-12-10-9-11-22(26)3)20-35(21-31)30(37)25(18-23-13-15-24(38-5)16-14-23)29-33-27(19-34(29)4)32-28(36)7-2/h9-16,19,25H,6-8,17-18,20-21H2,1-5H3,(H,32,36)/t25-/m1/s1. The molecule has 2 amide bonds. The van der Waals surface area contributed by atoms with E-state index in [1.165, 1.54) is 0 Å². The van der Waals surface area contributed by atoms with E-state index in [2.05, 4.69) is 36.3 Å². The van der Waals surface area contributed by atoms with Crippen LogP contribution in [-0.4, -0.2) is 53.1 Å². The summed E-state index contributed by atoms with van der Waals surface area (Å²) in [4.78, 5) is 32.7. The zero-order chi connectivity index (χ0) is 28.0.